The molecule has 0 spiro atoms. The van der Waals surface area contributed by atoms with Crippen LogP contribution in [0.4, 0.5) is 5.82 Å². The summed E-state index contributed by atoms with van der Waals surface area (Å²) < 4.78 is 25.7. The van der Waals surface area contributed by atoms with E-state index in [4.69, 9.17) is 11.5 Å². The third-order valence-corrected chi connectivity index (χ3v) is 6.92. The summed E-state index contributed by atoms with van der Waals surface area (Å²) in [6.07, 6.45) is 1.35. The van der Waals surface area contributed by atoms with Gasteiger partial charge < -0.3 is 11.5 Å². The summed E-state index contributed by atoms with van der Waals surface area (Å²) in [5, 5.41) is 0. The number of nitrogens with zero attached hydrogens (tertiary/aromatic N) is 4. The third kappa shape index (κ3) is 4.48. The molecule has 160 valence electrons. The van der Waals surface area contributed by atoms with E-state index in [9.17, 15) is 18.0 Å². The number of hydrogen-bond acceptors (Lipinski definition) is 8. The van der Waals surface area contributed by atoms with Gasteiger partial charge in [-0.1, -0.05) is 30.3 Å². The van der Waals surface area contributed by atoms with Crippen molar-refractivity contribution < 1.29 is 18.0 Å². The lowest BCUT2D eigenvalue weighted by atomic mass is 9.99. The van der Waals surface area contributed by atoms with Crippen molar-refractivity contribution in [3.63, 3.8) is 0 Å². The molecule has 0 saturated carbocycles. The molecule has 1 unspecified atom stereocenters. The number of Topliss-reactive ketones (excluding diaryl/α,β-unsaturated/α-hetero) is 1. The number of primary amides is 1. The van der Waals surface area contributed by atoms with Gasteiger partial charge in [-0.25, -0.2) is 18.4 Å². The zero-order valence-corrected chi connectivity index (χ0v) is 17.4. The van der Waals surface area contributed by atoms with Gasteiger partial charge in [-0.3, -0.25) is 14.5 Å². The first-order valence-electron chi connectivity index (χ1n) is 9.48. The Balaban J connectivity index is 1.97. The second-order valence-electron chi connectivity index (χ2n) is 6.86. The molecule has 11 heteroatoms. The molecule has 30 heavy (non-hydrogen) atoms. The lowest BCUT2D eigenvalue weighted by Crippen LogP contribution is -2.51. The van der Waals surface area contributed by atoms with E-state index >= 15 is 0 Å². The van der Waals surface area contributed by atoms with Gasteiger partial charge in [0, 0.05) is 31.7 Å². The standard InChI is InChI=1S/C19H24N6O4S/c1-2-30(28,29)25-10-8-24(9-11-25)16(17(26)13-6-4-3-5-7-13)14-12-22-18(20)15(23-14)19(21)27/h3-7,12,16H,2,8-11H2,1H3,(H2,20,22)(H2,21,27). The van der Waals surface area contributed by atoms with Crippen molar-refractivity contribution >= 4 is 27.5 Å². The van der Waals surface area contributed by atoms with Crippen LogP contribution < -0.4 is 11.5 Å². The number of rotatable bonds is 7. The summed E-state index contributed by atoms with van der Waals surface area (Å²) >= 11 is 0. The van der Waals surface area contributed by atoms with Crippen molar-refractivity contribution in [3.05, 3.63) is 53.5 Å². The fourth-order valence-corrected chi connectivity index (χ4v) is 4.48. The predicted molar refractivity (Wildman–Crippen MR) is 111 cm³/mol. The smallest absolute Gasteiger partial charge is 0.271 e. The van der Waals surface area contributed by atoms with Gasteiger partial charge in [-0.15, -0.1) is 0 Å². The quantitative estimate of drug-likeness (QED) is 0.582. The van der Waals surface area contributed by atoms with Crippen LogP contribution in [-0.2, 0) is 10.0 Å². The molecule has 4 N–H and O–H groups in total. The first-order chi connectivity index (χ1) is 14.2. The summed E-state index contributed by atoms with van der Waals surface area (Å²) in [6.45, 7) is 2.74. The zero-order valence-electron chi connectivity index (χ0n) is 16.6. The van der Waals surface area contributed by atoms with E-state index in [2.05, 4.69) is 9.97 Å². The third-order valence-electron chi connectivity index (χ3n) is 5.04. The van der Waals surface area contributed by atoms with Crippen LogP contribution >= 0.6 is 0 Å². The molecule has 1 aliphatic heterocycles. The number of piperazine rings is 1. The Morgan fingerprint density at radius 2 is 1.77 bits per heavy atom. The van der Waals surface area contributed by atoms with E-state index in [0.717, 1.165) is 0 Å². The largest absolute Gasteiger partial charge is 0.382 e. The molecule has 3 rings (SSSR count). The van der Waals surface area contributed by atoms with E-state index in [-0.39, 0.29) is 41.8 Å². The first kappa shape index (κ1) is 21.8. The normalized spacial score (nSPS) is 16.8. The number of ketones is 1. The Labute approximate surface area is 174 Å². The molecule has 1 aliphatic rings. The lowest BCUT2D eigenvalue weighted by molar-refractivity contribution is 0.0743. The van der Waals surface area contributed by atoms with Crippen LogP contribution in [0.3, 0.4) is 0 Å². The topological polar surface area (TPSA) is 153 Å². The molecule has 1 atom stereocenters. The summed E-state index contributed by atoms with van der Waals surface area (Å²) in [4.78, 5) is 35.1. The van der Waals surface area contributed by atoms with E-state index in [0.29, 0.717) is 18.7 Å². The van der Waals surface area contributed by atoms with Crippen LogP contribution in [0.1, 0.15) is 39.5 Å². The van der Waals surface area contributed by atoms with E-state index in [1.54, 1.807) is 37.3 Å². The van der Waals surface area contributed by atoms with Crippen LogP contribution in [0.2, 0.25) is 0 Å². The second-order valence-corrected chi connectivity index (χ2v) is 9.12. The van der Waals surface area contributed by atoms with Crippen molar-refractivity contribution in [2.24, 2.45) is 5.73 Å². The predicted octanol–water partition coefficient (Wildman–Crippen LogP) is 0.0490. The SMILES string of the molecule is CCS(=O)(=O)N1CCN(C(C(=O)c2ccccc2)c2cnc(N)c(C(N)=O)n2)CC1. The molecule has 1 amide bonds. The molecule has 2 aromatic rings. The number of sulfonamides is 1. The molecule has 0 radical (unpaired) electrons. The molecule has 2 heterocycles. The van der Waals surface area contributed by atoms with Gasteiger partial charge in [0.25, 0.3) is 5.91 Å². The average Bonchev–Trinajstić information content (AvgIpc) is 2.75. The van der Waals surface area contributed by atoms with Crippen molar-refractivity contribution in [1.82, 2.24) is 19.2 Å². The number of benzene rings is 1. The van der Waals surface area contributed by atoms with Crippen molar-refractivity contribution in [2.75, 3.05) is 37.7 Å². The van der Waals surface area contributed by atoms with Gasteiger partial charge >= 0.3 is 0 Å². The highest BCUT2D eigenvalue weighted by Crippen LogP contribution is 2.26. The van der Waals surface area contributed by atoms with Crippen LogP contribution in [0, 0.1) is 0 Å². The number of hydrogen-bond donors (Lipinski definition) is 2. The molecule has 1 aromatic carbocycles. The van der Waals surface area contributed by atoms with Gasteiger partial charge in [-0.2, -0.15) is 4.31 Å². The van der Waals surface area contributed by atoms with Crippen LogP contribution in [0.25, 0.3) is 0 Å². The molecule has 0 aliphatic carbocycles. The van der Waals surface area contributed by atoms with Gasteiger partial charge in [0.15, 0.2) is 17.3 Å². The lowest BCUT2D eigenvalue weighted by Gasteiger charge is -2.37. The maximum absolute atomic E-state index is 13.4. The first-order valence-corrected chi connectivity index (χ1v) is 11.1. The summed E-state index contributed by atoms with van der Waals surface area (Å²) in [5.41, 5.74) is 11.5. The van der Waals surface area contributed by atoms with E-state index in [1.807, 2.05) is 4.90 Å². The fourth-order valence-electron chi connectivity index (χ4n) is 3.40. The summed E-state index contributed by atoms with van der Waals surface area (Å²) in [7, 11) is -3.31. The average molecular weight is 433 g/mol. The molecular weight excluding hydrogens is 408 g/mol. The maximum atomic E-state index is 13.4. The highest BCUT2D eigenvalue weighted by atomic mass is 32.2. The number of amides is 1. The number of nitrogens with two attached hydrogens (primary N) is 2. The molecule has 1 saturated heterocycles. The monoisotopic (exact) mass is 432 g/mol. The van der Waals surface area contributed by atoms with E-state index < -0.39 is 22.0 Å². The van der Waals surface area contributed by atoms with Crippen LogP contribution in [-0.4, -0.2) is 71.2 Å². The van der Waals surface area contributed by atoms with E-state index in [1.165, 1.54) is 10.5 Å². The molecule has 1 fully saturated rings. The van der Waals surface area contributed by atoms with Crippen molar-refractivity contribution in [3.8, 4) is 0 Å². The Morgan fingerprint density at radius 1 is 1.13 bits per heavy atom. The number of carbonyl (C=O) groups excluding carboxylic acids is 2. The van der Waals surface area contributed by atoms with Crippen LogP contribution in [0.15, 0.2) is 36.5 Å². The summed E-state index contributed by atoms with van der Waals surface area (Å²) in [5.74, 6) is -1.18. The van der Waals surface area contributed by atoms with Crippen molar-refractivity contribution in [2.45, 2.75) is 13.0 Å². The Morgan fingerprint density at radius 3 is 2.33 bits per heavy atom. The number of anilines is 1. The van der Waals surface area contributed by atoms with Gasteiger partial charge in [-0.05, 0) is 6.92 Å². The van der Waals surface area contributed by atoms with Crippen molar-refractivity contribution in [1.29, 1.82) is 0 Å². The minimum absolute atomic E-state index is 0.0186. The Bertz CT molecular complexity index is 1040. The molecule has 0 bridgehead atoms. The number of carbonyl (C=O) groups is 2. The second kappa shape index (κ2) is 8.86. The summed E-state index contributed by atoms with van der Waals surface area (Å²) in [6, 6.07) is 7.82. The molecule has 10 nitrogen and oxygen atoms in total. The minimum Gasteiger partial charge on any atom is -0.382 e. The molecular formula is C19H24N6O4S. The van der Waals surface area contributed by atoms with Crippen LogP contribution in [0.5, 0.6) is 0 Å². The highest BCUT2D eigenvalue weighted by molar-refractivity contribution is 7.89. The highest BCUT2D eigenvalue weighted by Gasteiger charge is 2.35. The van der Waals surface area contributed by atoms with Gasteiger partial charge in [0.05, 0.1) is 17.6 Å². The number of nitrogen functional groups attached to an aromatic ring is 1. The number of aromatic nitrogens is 2. The van der Waals surface area contributed by atoms with Gasteiger partial charge in [0.2, 0.25) is 10.0 Å². The zero-order chi connectivity index (χ0) is 21.9. The Hall–Kier alpha value is -2.89. The molecule has 1 aromatic heterocycles. The maximum Gasteiger partial charge on any atom is 0.271 e. The van der Waals surface area contributed by atoms with Gasteiger partial charge in [0.1, 0.15) is 6.04 Å². The Kier molecular flexibility index (Phi) is 6.44. The minimum atomic E-state index is -3.31. The fraction of sp³-hybridized carbons (Fsp3) is 0.368.